The van der Waals surface area contributed by atoms with Gasteiger partial charge >= 0.3 is 0 Å². The minimum Gasteiger partial charge on any atom is -0.496 e. The summed E-state index contributed by atoms with van der Waals surface area (Å²) in [6.45, 7) is 0. The van der Waals surface area contributed by atoms with Crippen molar-refractivity contribution in [1.29, 1.82) is 0 Å². The van der Waals surface area contributed by atoms with Crippen molar-refractivity contribution in [2.45, 2.75) is 0 Å². The van der Waals surface area contributed by atoms with E-state index in [-0.39, 0.29) is 5.56 Å². The molecule has 2 nitrogen and oxygen atoms in total. The maximum Gasteiger partial charge on any atom is 0.185 e. The molecule has 0 aliphatic heterocycles. The van der Waals surface area contributed by atoms with Crippen molar-refractivity contribution in [3.8, 4) is 5.75 Å². The molecule has 0 amide bonds. The van der Waals surface area contributed by atoms with Crippen molar-refractivity contribution in [3.63, 3.8) is 0 Å². The second-order valence-corrected chi connectivity index (χ2v) is 4.07. The molecule has 0 unspecified atom stereocenters. The molecule has 0 fully saturated rings. The topological polar surface area (TPSA) is 26.3 Å². The first-order chi connectivity index (χ1) is 9.61. The van der Waals surface area contributed by atoms with Gasteiger partial charge < -0.3 is 4.74 Å². The molecule has 0 saturated heterocycles. The highest BCUT2D eigenvalue weighted by atomic mass is 19.2. The number of ketones is 1. The van der Waals surface area contributed by atoms with Gasteiger partial charge in [-0.2, -0.15) is 0 Å². The average molecular weight is 274 g/mol. The molecule has 0 bridgehead atoms. The number of halogens is 2. The number of rotatable bonds is 4. The van der Waals surface area contributed by atoms with Crippen LogP contribution < -0.4 is 4.74 Å². The zero-order valence-electron chi connectivity index (χ0n) is 10.8. The van der Waals surface area contributed by atoms with Gasteiger partial charge in [-0.05, 0) is 36.4 Å². The fourth-order valence-corrected chi connectivity index (χ4v) is 1.72. The van der Waals surface area contributed by atoms with E-state index in [9.17, 15) is 13.6 Å². The Morgan fingerprint density at radius 1 is 1.10 bits per heavy atom. The van der Waals surface area contributed by atoms with Crippen LogP contribution >= 0.6 is 0 Å². The summed E-state index contributed by atoms with van der Waals surface area (Å²) < 4.78 is 31.0. The number of methoxy groups -OCH3 is 1. The van der Waals surface area contributed by atoms with Crippen molar-refractivity contribution in [3.05, 3.63) is 71.3 Å². The maximum absolute atomic E-state index is 13.1. The molecule has 20 heavy (non-hydrogen) atoms. The van der Waals surface area contributed by atoms with Crippen LogP contribution in [0.1, 0.15) is 15.9 Å². The van der Waals surface area contributed by atoms with Crippen LogP contribution in [0.15, 0.2) is 48.5 Å². The van der Waals surface area contributed by atoms with E-state index in [2.05, 4.69) is 0 Å². The molecular formula is C16H12F2O2. The van der Waals surface area contributed by atoms with E-state index in [1.165, 1.54) is 19.3 Å². The first-order valence-corrected chi connectivity index (χ1v) is 5.92. The third kappa shape index (κ3) is 3.09. The first-order valence-electron chi connectivity index (χ1n) is 5.92. The van der Waals surface area contributed by atoms with Crippen LogP contribution in [0.2, 0.25) is 0 Å². The molecule has 102 valence electrons. The second-order valence-electron chi connectivity index (χ2n) is 4.07. The first kappa shape index (κ1) is 13.9. The smallest absolute Gasteiger partial charge is 0.185 e. The summed E-state index contributed by atoms with van der Waals surface area (Å²) >= 11 is 0. The van der Waals surface area contributed by atoms with Gasteiger partial charge in [-0.25, -0.2) is 8.78 Å². The van der Waals surface area contributed by atoms with E-state index in [0.717, 1.165) is 17.7 Å². The Balaban J connectivity index is 2.22. The van der Waals surface area contributed by atoms with Gasteiger partial charge in [0.25, 0.3) is 0 Å². The lowest BCUT2D eigenvalue weighted by Crippen LogP contribution is -1.96. The number of hydrogen-bond donors (Lipinski definition) is 0. The Hall–Kier alpha value is -2.49. The van der Waals surface area contributed by atoms with Crippen molar-refractivity contribution in [1.82, 2.24) is 0 Å². The summed E-state index contributed by atoms with van der Waals surface area (Å²) in [5, 5.41) is 0. The number of carbonyl (C=O) groups is 1. The Bertz CT molecular complexity index is 663. The third-order valence-corrected chi connectivity index (χ3v) is 2.76. The highest BCUT2D eigenvalue weighted by Crippen LogP contribution is 2.19. The summed E-state index contributed by atoms with van der Waals surface area (Å²) in [6, 6.07) is 10.2. The van der Waals surface area contributed by atoms with Crippen molar-refractivity contribution < 1.29 is 18.3 Å². The summed E-state index contributed by atoms with van der Waals surface area (Å²) in [6.07, 6.45) is 2.87. The Morgan fingerprint density at radius 2 is 1.85 bits per heavy atom. The van der Waals surface area contributed by atoms with Crippen LogP contribution in [0.4, 0.5) is 8.78 Å². The lowest BCUT2D eigenvalue weighted by Gasteiger charge is -2.03. The molecule has 0 N–H and O–H groups in total. The van der Waals surface area contributed by atoms with Crippen molar-refractivity contribution in [2.24, 2.45) is 0 Å². The van der Waals surface area contributed by atoms with Gasteiger partial charge in [0.1, 0.15) is 5.75 Å². The molecular weight excluding hydrogens is 262 g/mol. The number of carbonyl (C=O) groups excluding carboxylic acids is 1. The maximum atomic E-state index is 13.1. The summed E-state index contributed by atoms with van der Waals surface area (Å²) in [5.41, 5.74) is 0.820. The molecule has 2 rings (SSSR count). The number of hydrogen-bond acceptors (Lipinski definition) is 2. The number of allylic oxidation sites excluding steroid dienone is 1. The molecule has 4 heteroatoms. The monoisotopic (exact) mass is 274 g/mol. The van der Waals surface area contributed by atoms with Gasteiger partial charge in [-0.1, -0.05) is 18.2 Å². The Kier molecular flexibility index (Phi) is 4.25. The van der Waals surface area contributed by atoms with Gasteiger partial charge in [-0.15, -0.1) is 0 Å². The molecule has 0 heterocycles. The van der Waals surface area contributed by atoms with Gasteiger partial charge in [0.15, 0.2) is 17.4 Å². The van der Waals surface area contributed by atoms with Crippen molar-refractivity contribution >= 4 is 11.9 Å². The predicted octanol–water partition coefficient (Wildman–Crippen LogP) is 3.87. The Labute approximate surface area is 115 Å². The van der Waals surface area contributed by atoms with E-state index in [0.29, 0.717) is 5.75 Å². The summed E-state index contributed by atoms with van der Waals surface area (Å²) in [4.78, 5) is 11.9. The lowest BCUT2D eigenvalue weighted by atomic mass is 10.1. The predicted molar refractivity (Wildman–Crippen MR) is 72.7 cm³/mol. The van der Waals surface area contributed by atoms with Crippen LogP contribution in [0.5, 0.6) is 5.75 Å². The molecule has 0 aliphatic carbocycles. The molecule has 0 atom stereocenters. The normalized spacial score (nSPS) is 10.8. The molecule has 0 saturated carbocycles. The minimum absolute atomic E-state index is 0.0926. The standard InChI is InChI=1S/C16H12F2O2/c1-20-16-5-3-2-4-11(16)7-9-15(19)12-6-8-13(17)14(18)10-12/h2-10H,1H3. The highest BCUT2D eigenvalue weighted by molar-refractivity contribution is 6.06. The minimum atomic E-state index is -1.04. The van der Waals surface area contributed by atoms with Crippen molar-refractivity contribution in [2.75, 3.05) is 7.11 Å². The van der Waals surface area contributed by atoms with Gasteiger partial charge in [0, 0.05) is 11.1 Å². The average Bonchev–Trinajstić information content (AvgIpc) is 2.47. The summed E-state index contributed by atoms with van der Waals surface area (Å²) in [7, 11) is 1.53. The second kappa shape index (κ2) is 6.10. The number of para-hydroxylation sites is 1. The quantitative estimate of drug-likeness (QED) is 0.625. The molecule has 0 spiro atoms. The van der Waals surface area contributed by atoms with E-state index >= 15 is 0 Å². The Morgan fingerprint density at radius 3 is 2.55 bits per heavy atom. The van der Waals surface area contributed by atoms with Gasteiger partial charge in [-0.3, -0.25) is 4.79 Å². The molecule has 0 aliphatic rings. The third-order valence-electron chi connectivity index (χ3n) is 2.76. The molecule has 2 aromatic rings. The number of ether oxygens (including phenoxy) is 1. The van der Waals surface area contributed by atoms with E-state index in [1.807, 2.05) is 12.1 Å². The molecule has 2 aromatic carbocycles. The van der Waals surface area contributed by atoms with Gasteiger partial charge in [0.2, 0.25) is 0 Å². The van der Waals surface area contributed by atoms with Crippen LogP contribution in [0.25, 0.3) is 6.08 Å². The van der Waals surface area contributed by atoms with Gasteiger partial charge in [0.05, 0.1) is 7.11 Å². The number of benzene rings is 2. The lowest BCUT2D eigenvalue weighted by molar-refractivity contribution is 0.104. The van der Waals surface area contributed by atoms with E-state index in [1.54, 1.807) is 18.2 Å². The highest BCUT2D eigenvalue weighted by Gasteiger charge is 2.07. The molecule has 0 aromatic heterocycles. The van der Waals surface area contributed by atoms with E-state index in [4.69, 9.17) is 4.74 Å². The van der Waals surface area contributed by atoms with Crippen LogP contribution in [-0.2, 0) is 0 Å². The largest absolute Gasteiger partial charge is 0.496 e. The van der Waals surface area contributed by atoms with Crippen LogP contribution in [0.3, 0.4) is 0 Å². The SMILES string of the molecule is COc1ccccc1C=CC(=O)c1ccc(F)c(F)c1. The molecule has 0 radical (unpaired) electrons. The van der Waals surface area contributed by atoms with E-state index < -0.39 is 17.4 Å². The van der Waals surface area contributed by atoms with Crippen LogP contribution in [0, 0.1) is 11.6 Å². The van der Waals surface area contributed by atoms with Crippen LogP contribution in [-0.4, -0.2) is 12.9 Å². The zero-order valence-corrected chi connectivity index (χ0v) is 10.8. The zero-order chi connectivity index (χ0) is 14.5. The summed E-state index contributed by atoms with van der Waals surface area (Å²) in [5.74, 6) is -1.80. The fraction of sp³-hybridized carbons (Fsp3) is 0.0625. The fourth-order valence-electron chi connectivity index (χ4n) is 1.72.